The number of hydrogen-bond acceptors (Lipinski definition) is 2. The number of pyridine rings is 1. The van der Waals surface area contributed by atoms with Crippen molar-refractivity contribution in [3.05, 3.63) is 29.0 Å². The molecule has 1 aromatic heterocycles. The first-order chi connectivity index (χ1) is 7.27. The van der Waals surface area contributed by atoms with E-state index in [0.717, 1.165) is 0 Å². The van der Waals surface area contributed by atoms with Crippen LogP contribution in [-0.4, -0.2) is 17.0 Å². The van der Waals surface area contributed by atoms with Crippen molar-refractivity contribution in [1.29, 1.82) is 0 Å². The lowest BCUT2D eigenvalue weighted by atomic mass is 9.93. The van der Waals surface area contributed by atoms with Crippen molar-refractivity contribution < 1.29 is 0 Å². The molecule has 84 valence electrons. The molecule has 1 nitrogen and oxygen atoms in total. The summed E-state index contributed by atoms with van der Waals surface area (Å²) in [6, 6.07) is 3.98. The Morgan fingerprint density at radius 1 is 1.47 bits per heavy atom. The third-order valence-corrected chi connectivity index (χ3v) is 3.54. The van der Waals surface area contributed by atoms with E-state index < -0.39 is 0 Å². The lowest BCUT2D eigenvalue weighted by Crippen LogP contribution is -1.99. The van der Waals surface area contributed by atoms with E-state index in [1.807, 2.05) is 24.0 Å². The fourth-order valence-electron chi connectivity index (χ4n) is 1.71. The third-order valence-electron chi connectivity index (χ3n) is 2.62. The molecule has 1 aromatic rings. The number of thioether (sulfide) groups is 1. The Morgan fingerprint density at radius 2 is 2.27 bits per heavy atom. The van der Waals surface area contributed by atoms with E-state index in [4.69, 9.17) is 11.6 Å². The molecule has 0 spiro atoms. The van der Waals surface area contributed by atoms with Crippen LogP contribution in [0, 0.1) is 0 Å². The van der Waals surface area contributed by atoms with Crippen molar-refractivity contribution in [2.24, 2.45) is 0 Å². The van der Waals surface area contributed by atoms with Crippen LogP contribution in [0.25, 0.3) is 0 Å². The Kier molecular flexibility index (Phi) is 6.11. The van der Waals surface area contributed by atoms with Gasteiger partial charge >= 0.3 is 0 Å². The monoisotopic (exact) mass is 243 g/mol. The van der Waals surface area contributed by atoms with Gasteiger partial charge in [0.05, 0.1) is 0 Å². The van der Waals surface area contributed by atoms with Gasteiger partial charge in [-0.15, -0.1) is 0 Å². The van der Waals surface area contributed by atoms with E-state index >= 15 is 0 Å². The zero-order chi connectivity index (χ0) is 11.1. The van der Waals surface area contributed by atoms with Gasteiger partial charge in [-0.2, -0.15) is 11.8 Å². The second-order valence-corrected chi connectivity index (χ2v) is 5.03. The molecule has 1 atom stereocenters. The molecule has 0 aliphatic rings. The number of halogens is 1. The third kappa shape index (κ3) is 4.43. The van der Waals surface area contributed by atoms with Gasteiger partial charge in [0, 0.05) is 6.20 Å². The quantitative estimate of drug-likeness (QED) is 0.544. The first kappa shape index (κ1) is 12.9. The highest BCUT2D eigenvalue weighted by molar-refractivity contribution is 7.98. The second-order valence-electron chi connectivity index (χ2n) is 3.65. The zero-order valence-corrected chi connectivity index (χ0v) is 10.9. The van der Waals surface area contributed by atoms with Crippen LogP contribution >= 0.6 is 23.4 Å². The lowest BCUT2D eigenvalue weighted by molar-refractivity contribution is 0.597. The highest BCUT2D eigenvalue weighted by atomic mass is 35.5. The van der Waals surface area contributed by atoms with Gasteiger partial charge in [0.25, 0.3) is 0 Å². The molecule has 0 aliphatic heterocycles. The van der Waals surface area contributed by atoms with Crippen molar-refractivity contribution in [2.75, 3.05) is 12.0 Å². The molecule has 1 heterocycles. The van der Waals surface area contributed by atoms with Gasteiger partial charge in [0.15, 0.2) is 0 Å². The molecule has 0 amide bonds. The molecule has 0 saturated heterocycles. The summed E-state index contributed by atoms with van der Waals surface area (Å²) < 4.78 is 0. The zero-order valence-electron chi connectivity index (χ0n) is 9.37. The second kappa shape index (κ2) is 7.13. The number of rotatable bonds is 6. The van der Waals surface area contributed by atoms with E-state index in [0.29, 0.717) is 11.1 Å². The summed E-state index contributed by atoms with van der Waals surface area (Å²) in [5.41, 5.74) is 1.32. The molecule has 15 heavy (non-hydrogen) atoms. The molecule has 0 radical (unpaired) electrons. The van der Waals surface area contributed by atoms with Crippen LogP contribution in [0.3, 0.4) is 0 Å². The number of aromatic nitrogens is 1. The Labute approximate surface area is 102 Å². The van der Waals surface area contributed by atoms with Gasteiger partial charge in [0.1, 0.15) is 5.15 Å². The maximum Gasteiger partial charge on any atom is 0.129 e. The van der Waals surface area contributed by atoms with E-state index in [1.165, 1.54) is 30.6 Å². The minimum atomic E-state index is 0.581. The van der Waals surface area contributed by atoms with Crippen molar-refractivity contribution in [3.8, 4) is 0 Å². The van der Waals surface area contributed by atoms with Crippen LogP contribution in [0.4, 0.5) is 0 Å². The predicted molar refractivity (Wildman–Crippen MR) is 69.9 cm³/mol. The van der Waals surface area contributed by atoms with E-state index in [9.17, 15) is 0 Å². The van der Waals surface area contributed by atoms with E-state index in [2.05, 4.69) is 24.2 Å². The highest BCUT2D eigenvalue weighted by Crippen LogP contribution is 2.25. The Hall–Kier alpha value is -0.210. The minimum absolute atomic E-state index is 0.581. The summed E-state index contributed by atoms with van der Waals surface area (Å²) in [5.74, 6) is 1.89. The molecule has 1 rings (SSSR count). The van der Waals surface area contributed by atoms with Gasteiger partial charge in [-0.1, -0.05) is 24.6 Å². The summed E-state index contributed by atoms with van der Waals surface area (Å²) in [4.78, 5) is 4.14. The summed E-state index contributed by atoms with van der Waals surface area (Å²) in [6.07, 6.45) is 7.78. The van der Waals surface area contributed by atoms with Crippen molar-refractivity contribution in [1.82, 2.24) is 4.98 Å². The highest BCUT2D eigenvalue weighted by Gasteiger charge is 2.09. The number of nitrogens with zero attached hydrogens (tertiary/aromatic N) is 1. The van der Waals surface area contributed by atoms with Crippen LogP contribution in [0.5, 0.6) is 0 Å². The molecule has 0 aromatic carbocycles. The van der Waals surface area contributed by atoms with Crippen LogP contribution in [0.2, 0.25) is 5.15 Å². The smallest absolute Gasteiger partial charge is 0.129 e. The maximum absolute atomic E-state index is 5.77. The molecule has 1 unspecified atom stereocenters. The van der Waals surface area contributed by atoms with Crippen molar-refractivity contribution in [2.45, 2.75) is 32.1 Å². The molecule has 0 saturated carbocycles. The van der Waals surface area contributed by atoms with E-state index in [-0.39, 0.29) is 0 Å². The minimum Gasteiger partial charge on any atom is -0.244 e. The Bertz CT molecular complexity index is 273. The molecule has 0 N–H and O–H groups in total. The summed E-state index contributed by atoms with van der Waals surface area (Å²) >= 11 is 7.69. The molecular weight excluding hydrogens is 226 g/mol. The van der Waals surface area contributed by atoms with Crippen LogP contribution in [0.15, 0.2) is 18.3 Å². The van der Waals surface area contributed by atoms with Crippen LogP contribution < -0.4 is 0 Å². The molecule has 0 aliphatic carbocycles. The first-order valence-corrected chi connectivity index (χ1v) is 7.15. The van der Waals surface area contributed by atoms with Crippen LogP contribution in [0.1, 0.15) is 37.7 Å². The topological polar surface area (TPSA) is 12.9 Å². The average molecular weight is 244 g/mol. The summed E-state index contributed by atoms with van der Waals surface area (Å²) in [5, 5.41) is 0.581. The van der Waals surface area contributed by atoms with Crippen LogP contribution in [-0.2, 0) is 0 Å². The molecule has 0 bridgehead atoms. The lowest BCUT2D eigenvalue weighted by Gasteiger charge is -2.14. The summed E-state index contributed by atoms with van der Waals surface area (Å²) in [7, 11) is 0. The molecular formula is C12H18ClNS. The van der Waals surface area contributed by atoms with Gasteiger partial charge in [0.2, 0.25) is 0 Å². The maximum atomic E-state index is 5.77. The van der Waals surface area contributed by atoms with Gasteiger partial charge in [-0.3, -0.25) is 0 Å². The standard InChI is InChI=1S/C12H18ClNS/c1-3-10(5-4-8-15-2)11-6-7-12(13)14-9-11/h6-7,9-10H,3-5,8H2,1-2H3. The van der Waals surface area contributed by atoms with Gasteiger partial charge in [-0.25, -0.2) is 4.98 Å². The Balaban J connectivity index is 2.53. The molecule has 0 fully saturated rings. The number of hydrogen-bond donors (Lipinski definition) is 0. The fraction of sp³-hybridized carbons (Fsp3) is 0.583. The van der Waals surface area contributed by atoms with E-state index in [1.54, 1.807) is 0 Å². The van der Waals surface area contributed by atoms with Gasteiger partial charge < -0.3 is 0 Å². The average Bonchev–Trinajstić information content (AvgIpc) is 2.26. The fourth-order valence-corrected chi connectivity index (χ4v) is 2.28. The summed E-state index contributed by atoms with van der Waals surface area (Å²) in [6.45, 7) is 2.23. The van der Waals surface area contributed by atoms with Gasteiger partial charge in [-0.05, 0) is 48.8 Å². The van der Waals surface area contributed by atoms with Crippen molar-refractivity contribution >= 4 is 23.4 Å². The predicted octanol–water partition coefficient (Wildman–Crippen LogP) is 4.37. The largest absolute Gasteiger partial charge is 0.244 e. The SMILES string of the molecule is CCC(CCCSC)c1ccc(Cl)nc1. The Morgan fingerprint density at radius 3 is 2.80 bits per heavy atom. The molecule has 3 heteroatoms. The first-order valence-electron chi connectivity index (χ1n) is 5.38. The van der Waals surface area contributed by atoms with Crippen molar-refractivity contribution in [3.63, 3.8) is 0 Å². The normalized spacial score (nSPS) is 12.7.